The van der Waals surface area contributed by atoms with Gasteiger partial charge >= 0.3 is 0 Å². The quantitative estimate of drug-likeness (QED) is 0.526. The maximum Gasteiger partial charge on any atom is 0.129 e. The van der Waals surface area contributed by atoms with Gasteiger partial charge in [0.25, 0.3) is 0 Å². The van der Waals surface area contributed by atoms with Gasteiger partial charge in [-0.25, -0.2) is 9.97 Å². The van der Waals surface area contributed by atoms with Crippen LogP contribution in [0.3, 0.4) is 0 Å². The molecule has 0 aliphatic carbocycles. The zero-order valence-corrected chi connectivity index (χ0v) is 15.4. The van der Waals surface area contributed by atoms with Crippen LogP contribution in [0, 0.1) is 3.57 Å². The SMILES string of the molecule is CCCCc1ncc2c(n1)c(I)cn2COCc1ccccc1. The molecule has 0 fully saturated rings. The van der Waals surface area contributed by atoms with Gasteiger partial charge in [-0.2, -0.15) is 0 Å². The Kier molecular flexibility index (Phi) is 5.61. The predicted molar refractivity (Wildman–Crippen MR) is 100 cm³/mol. The van der Waals surface area contributed by atoms with E-state index in [1.807, 2.05) is 24.4 Å². The molecule has 2 aromatic heterocycles. The van der Waals surface area contributed by atoms with Gasteiger partial charge in [-0.15, -0.1) is 0 Å². The molecule has 4 nitrogen and oxygen atoms in total. The summed E-state index contributed by atoms with van der Waals surface area (Å²) in [5.74, 6) is 0.931. The molecule has 120 valence electrons. The Balaban J connectivity index is 1.71. The van der Waals surface area contributed by atoms with E-state index >= 15 is 0 Å². The lowest BCUT2D eigenvalue weighted by Crippen LogP contribution is -2.02. The summed E-state index contributed by atoms with van der Waals surface area (Å²) in [5, 5.41) is 0. The highest BCUT2D eigenvalue weighted by Gasteiger charge is 2.10. The number of hydrogen-bond donors (Lipinski definition) is 0. The van der Waals surface area contributed by atoms with Crippen LogP contribution >= 0.6 is 22.6 Å². The summed E-state index contributed by atoms with van der Waals surface area (Å²) >= 11 is 2.33. The average molecular weight is 421 g/mol. The first-order valence-corrected chi connectivity index (χ1v) is 8.97. The van der Waals surface area contributed by atoms with E-state index in [9.17, 15) is 0 Å². The molecule has 0 unspecified atom stereocenters. The van der Waals surface area contributed by atoms with Crippen LogP contribution in [0.4, 0.5) is 0 Å². The van der Waals surface area contributed by atoms with Gasteiger partial charge in [0.15, 0.2) is 0 Å². The number of rotatable bonds is 7. The zero-order valence-electron chi connectivity index (χ0n) is 13.2. The topological polar surface area (TPSA) is 39.9 Å². The smallest absolute Gasteiger partial charge is 0.129 e. The predicted octanol–water partition coefficient (Wildman–Crippen LogP) is 4.55. The number of hydrogen-bond acceptors (Lipinski definition) is 3. The molecule has 1 aromatic carbocycles. The van der Waals surface area contributed by atoms with Crippen LogP contribution in [0.5, 0.6) is 0 Å². The average Bonchev–Trinajstić information content (AvgIpc) is 2.90. The van der Waals surface area contributed by atoms with Crippen LogP contribution in [-0.4, -0.2) is 14.5 Å². The Morgan fingerprint density at radius 2 is 2.04 bits per heavy atom. The van der Waals surface area contributed by atoms with Crippen LogP contribution in [0.1, 0.15) is 31.2 Å². The minimum absolute atomic E-state index is 0.506. The van der Waals surface area contributed by atoms with Crippen LogP contribution in [0.2, 0.25) is 0 Å². The van der Waals surface area contributed by atoms with Gasteiger partial charge < -0.3 is 9.30 Å². The van der Waals surface area contributed by atoms with Crippen molar-refractivity contribution in [3.8, 4) is 0 Å². The summed E-state index contributed by atoms with van der Waals surface area (Å²) in [4.78, 5) is 9.20. The second-order valence-electron chi connectivity index (χ2n) is 5.53. The lowest BCUT2D eigenvalue weighted by molar-refractivity contribution is 0.0667. The van der Waals surface area contributed by atoms with Gasteiger partial charge in [0.05, 0.1) is 21.9 Å². The number of nitrogens with zero attached hydrogens (tertiary/aromatic N) is 3. The van der Waals surface area contributed by atoms with Gasteiger partial charge in [0.1, 0.15) is 18.1 Å². The maximum atomic E-state index is 5.83. The summed E-state index contributed by atoms with van der Waals surface area (Å²) in [6, 6.07) is 10.2. The van der Waals surface area contributed by atoms with Crippen molar-refractivity contribution in [3.05, 3.63) is 57.7 Å². The van der Waals surface area contributed by atoms with Crippen molar-refractivity contribution >= 4 is 33.6 Å². The number of aryl methyl sites for hydroxylation is 1. The van der Waals surface area contributed by atoms with E-state index in [4.69, 9.17) is 9.72 Å². The van der Waals surface area contributed by atoms with Crippen LogP contribution in [-0.2, 0) is 24.5 Å². The molecular weight excluding hydrogens is 401 g/mol. The molecule has 0 saturated carbocycles. The molecule has 23 heavy (non-hydrogen) atoms. The first kappa shape index (κ1) is 16.4. The highest BCUT2D eigenvalue weighted by Crippen LogP contribution is 2.21. The fourth-order valence-electron chi connectivity index (χ4n) is 2.46. The van der Waals surface area contributed by atoms with Gasteiger partial charge in [-0.05, 0) is 34.6 Å². The number of ether oxygens (including phenoxy) is 1. The molecule has 3 aromatic rings. The largest absolute Gasteiger partial charge is 0.356 e. The molecule has 0 atom stereocenters. The van der Waals surface area contributed by atoms with Gasteiger partial charge in [0.2, 0.25) is 0 Å². The summed E-state index contributed by atoms with van der Waals surface area (Å²) in [7, 11) is 0. The first-order chi connectivity index (χ1) is 11.3. The molecule has 5 heteroatoms. The second kappa shape index (κ2) is 7.88. The highest BCUT2D eigenvalue weighted by atomic mass is 127. The van der Waals surface area contributed by atoms with E-state index in [0.717, 1.165) is 39.7 Å². The molecule has 2 heterocycles. The van der Waals surface area contributed by atoms with Crippen molar-refractivity contribution in [2.75, 3.05) is 0 Å². The maximum absolute atomic E-state index is 5.83. The number of unbranched alkanes of at least 4 members (excludes halogenated alkanes) is 1. The molecular formula is C18H20IN3O. The lowest BCUT2D eigenvalue weighted by Gasteiger charge is -2.07. The molecule has 0 radical (unpaired) electrons. The van der Waals surface area contributed by atoms with E-state index in [1.165, 1.54) is 5.56 Å². The van der Waals surface area contributed by atoms with Crippen molar-refractivity contribution in [1.29, 1.82) is 0 Å². The second-order valence-corrected chi connectivity index (χ2v) is 6.70. The van der Waals surface area contributed by atoms with Crippen molar-refractivity contribution in [2.24, 2.45) is 0 Å². The number of halogens is 1. The minimum atomic E-state index is 0.506. The Hall–Kier alpha value is -1.47. The fourth-order valence-corrected chi connectivity index (χ4v) is 3.20. The van der Waals surface area contributed by atoms with Gasteiger partial charge in [0, 0.05) is 12.6 Å². The third-order valence-electron chi connectivity index (χ3n) is 3.72. The Morgan fingerprint density at radius 1 is 1.22 bits per heavy atom. The highest BCUT2D eigenvalue weighted by molar-refractivity contribution is 14.1. The molecule has 0 aliphatic heterocycles. The van der Waals surface area contributed by atoms with Gasteiger partial charge in [-0.3, -0.25) is 0 Å². The summed E-state index contributed by atoms with van der Waals surface area (Å²) in [6.45, 7) is 3.29. The molecule has 0 N–H and O–H groups in total. The number of aromatic nitrogens is 3. The van der Waals surface area contributed by atoms with Crippen molar-refractivity contribution in [3.63, 3.8) is 0 Å². The molecule has 0 bridgehead atoms. The first-order valence-electron chi connectivity index (χ1n) is 7.90. The van der Waals surface area contributed by atoms with Gasteiger partial charge in [-0.1, -0.05) is 43.7 Å². The normalized spacial score (nSPS) is 11.2. The van der Waals surface area contributed by atoms with Crippen LogP contribution < -0.4 is 0 Å². The van der Waals surface area contributed by atoms with Crippen LogP contribution in [0.25, 0.3) is 11.0 Å². The molecule has 3 rings (SSSR count). The van der Waals surface area contributed by atoms with E-state index < -0.39 is 0 Å². The third kappa shape index (κ3) is 4.09. The van der Waals surface area contributed by atoms with Crippen molar-refractivity contribution in [2.45, 2.75) is 39.5 Å². The molecule has 0 aliphatic rings. The summed E-state index contributed by atoms with van der Waals surface area (Å²) in [6.07, 6.45) is 7.23. The summed E-state index contributed by atoms with van der Waals surface area (Å²) < 4.78 is 9.04. The van der Waals surface area contributed by atoms with Crippen LogP contribution in [0.15, 0.2) is 42.7 Å². The molecule has 0 saturated heterocycles. The lowest BCUT2D eigenvalue weighted by atomic mass is 10.2. The number of benzene rings is 1. The fraction of sp³-hybridized carbons (Fsp3) is 0.333. The van der Waals surface area contributed by atoms with E-state index in [2.05, 4.69) is 57.4 Å². The van der Waals surface area contributed by atoms with E-state index in [0.29, 0.717) is 13.3 Å². The minimum Gasteiger partial charge on any atom is -0.356 e. The number of fused-ring (bicyclic) bond motifs is 1. The Morgan fingerprint density at radius 3 is 2.83 bits per heavy atom. The molecule has 0 spiro atoms. The third-order valence-corrected chi connectivity index (χ3v) is 4.51. The standard InChI is InChI=1S/C18H20IN3O/c1-2-3-9-17-20-10-16-18(21-17)15(19)11-22(16)13-23-12-14-7-5-4-6-8-14/h4-8,10-11H,2-3,9,12-13H2,1H3. The van der Waals surface area contributed by atoms with E-state index in [1.54, 1.807) is 0 Å². The Bertz CT molecular complexity index is 771. The van der Waals surface area contributed by atoms with Crippen molar-refractivity contribution < 1.29 is 4.74 Å². The van der Waals surface area contributed by atoms with Crippen molar-refractivity contribution in [1.82, 2.24) is 14.5 Å². The Labute approximate surface area is 150 Å². The monoisotopic (exact) mass is 421 g/mol. The molecule has 0 amide bonds. The van der Waals surface area contributed by atoms with E-state index in [-0.39, 0.29) is 0 Å². The summed E-state index contributed by atoms with van der Waals surface area (Å²) in [5.41, 5.74) is 3.23. The zero-order chi connectivity index (χ0) is 16.1.